The molecule has 2 rings (SSSR count). The molecule has 0 unspecified atom stereocenters. The normalized spacial score (nSPS) is 16.9. The van der Waals surface area contributed by atoms with Crippen LogP contribution >= 0.6 is 0 Å². The second kappa shape index (κ2) is 6.56. The number of hydrogen-bond acceptors (Lipinski definition) is 5. The molecule has 2 heterocycles. The molecule has 100 valence electrons. The van der Waals surface area contributed by atoms with E-state index in [2.05, 4.69) is 14.8 Å². The summed E-state index contributed by atoms with van der Waals surface area (Å²) < 4.78 is 5.63. The minimum atomic E-state index is 0.672. The molecule has 0 atom stereocenters. The molecule has 1 aliphatic rings. The standard InChI is InChI=1S/C13H22N4O/c1-2-18-12-4-3-6-15-13(12)17-10-8-16(7-5-14)9-11-17/h3-4,6H,2,5,7-11,14H2,1H3. The summed E-state index contributed by atoms with van der Waals surface area (Å²) in [6.45, 7) is 8.43. The van der Waals surface area contributed by atoms with Crippen molar-refractivity contribution in [3.05, 3.63) is 18.3 Å². The van der Waals surface area contributed by atoms with Gasteiger partial charge in [-0.05, 0) is 19.1 Å². The van der Waals surface area contributed by atoms with Crippen LogP contribution in [0.2, 0.25) is 0 Å². The highest BCUT2D eigenvalue weighted by atomic mass is 16.5. The molecule has 0 radical (unpaired) electrons. The molecule has 1 saturated heterocycles. The zero-order chi connectivity index (χ0) is 12.8. The fourth-order valence-electron chi connectivity index (χ4n) is 2.25. The van der Waals surface area contributed by atoms with Gasteiger partial charge >= 0.3 is 0 Å². The Labute approximate surface area is 109 Å². The quantitative estimate of drug-likeness (QED) is 0.827. The first-order chi connectivity index (χ1) is 8.85. The molecule has 0 spiro atoms. The SMILES string of the molecule is CCOc1cccnc1N1CCN(CCN)CC1. The van der Waals surface area contributed by atoms with Gasteiger partial charge < -0.3 is 15.4 Å². The van der Waals surface area contributed by atoms with Crippen LogP contribution in [0, 0.1) is 0 Å². The summed E-state index contributed by atoms with van der Waals surface area (Å²) >= 11 is 0. The molecule has 0 amide bonds. The summed E-state index contributed by atoms with van der Waals surface area (Å²) in [4.78, 5) is 9.13. The van der Waals surface area contributed by atoms with Crippen molar-refractivity contribution in [1.29, 1.82) is 0 Å². The van der Waals surface area contributed by atoms with Crippen molar-refractivity contribution in [2.75, 3.05) is 50.8 Å². The molecule has 1 aromatic heterocycles. The topological polar surface area (TPSA) is 54.6 Å². The summed E-state index contributed by atoms with van der Waals surface area (Å²) in [6.07, 6.45) is 1.82. The van der Waals surface area contributed by atoms with Crippen molar-refractivity contribution in [3.63, 3.8) is 0 Å². The summed E-state index contributed by atoms with van der Waals surface area (Å²) in [5.74, 6) is 1.85. The Morgan fingerprint density at radius 3 is 2.78 bits per heavy atom. The number of nitrogens with zero attached hydrogens (tertiary/aromatic N) is 3. The average Bonchev–Trinajstić information content (AvgIpc) is 2.41. The number of nitrogens with two attached hydrogens (primary N) is 1. The minimum Gasteiger partial charge on any atom is -0.490 e. The Kier molecular flexibility index (Phi) is 4.78. The number of rotatable bonds is 5. The van der Waals surface area contributed by atoms with Crippen LogP contribution < -0.4 is 15.4 Å². The van der Waals surface area contributed by atoms with Gasteiger partial charge in [-0.1, -0.05) is 0 Å². The summed E-state index contributed by atoms with van der Waals surface area (Å²) in [7, 11) is 0. The van der Waals surface area contributed by atoms with E-state index in [-0.39, 0.29) is 0 Å². The van der Waals surface area contributed by atoms with E-state index in [1.807, 2.05) is 25.3 Å². The van der Waals surface area contributed by atoms with Gasteiger partial charge in [0.1, 0.15) is 0 Å². The fourth-order valence-corrected chi connectivity index (χ4v) is 2.25. The van der Waals surface area contributed by atoms with Crippen molar-refractivity contribution in [2.45, 2.75) is 6.92 Å². The van der Waals surface area contributed by atoms with E-state index in [9.17, 15) is 0 Å². The number of hydrogen-bond donors (Lipinski definition) is 1. The highest BCUT2D eigenvalue weighted by Crippen LogP contribution is 2.25. The number of piperazine rings is 1. The Morgan fingerprint density at radius 1 is 1.33 bits per heavy atom. The Hall–Kier alpha value is -1.33. The van der Waals surface area contributed by atoms with Crippen LogP contribution in [0.1, 0.15) is 6.92 Å². The lowest BCUT2D eigenvalue weighted by Gasteiger charge is -2.35. The lowest BCUT2D eigenvalue weighted by atomic mass is 10.3. The number of aromatic nitrogens is 1. The highest BCUT2D eigenvalue weighted by molar-refractivity contribution is 5.52. The molecule has 1 aliphatic heterocycles. The third kappa shape index (κ3) is 3.11. The predicted molar refractivity (Wildman–Crippen MR) is 73.1 cm³/mol. The van der Waals surface area contributed by atoms with Crippen molar-refractivity contribution in [1.82, 2.24) is 9.88 Å². The molecule has 0 aliphatic carbocycles. The van der Waals surface area contributed by atoms with E-state index >= 15 is 0 Å². The van der Waals surface area contributed by atoms with Gasteiger partial charge in [-0.2, -0.15) is 0 Å². The predicted octanol–water partition coefficient (Wildman–Crippen LogP) is 0.561. The van der Waals surface area contributed by atoms with Crippen molar-refractivity contribution < 1.29 is 4.74 Å². The fraction of sp³-hybridized carbons (Fsp3) is 0.615. The van der Waals surface area contributed by atoms with Gasteiger partial charge in [0.15, 0.2) is 11.6 Å². The maximum Gasteiger partial charge on any atom is 0.171 e. The van der Waals surface area contributed by atoms with Gasteiger partial charge in [-0.3, -0.25) is 4.90 Å². The van der Waals surface area contributed by atoms with E-state index in [1.54, 1.807) is 0 Å². The largest absolute Gasteiger partial charge is 0.490 e. The molecule has 0 aromatic carbocycles. The third-order valence-corrected chi connectivity index (χ3v) is 3.17. The molecule has 18 heavy (non-hydrogen) atoms. The minimum absolute atomic E-state index is 0.672. The van der Waals surface area contributed by atoms with Gasteiger partial charge in [0.2, 0.25) is 0 Å². The molecule has 1 fully saturated rings. The van der Waals surface area contributed by atoms with Crippen LogP contribution in [0.5, 0.6) is 5.75 Å². The lowest BCUT2D eigenvalue weighted by Crippen LogP contribution is -2.48. The van der Waals surface area contributed by atoms with Crippen molar-refractivity contribution >= 4 is 5.82 Å². The van der Waals surface area contributed by atoms with Crippen molar-refractivity contribution in [3.8, 4) is 5.75 Å². The highest BCUT2D eigenvalue weighted by Gasteiger charge is 2.19. The Bertz CT molecular complexity index is 364. The molecule has 1 aromatic rings. The second-order valence-electron chi connectivity index (χ2n) is 4.38. The summed E-state index contributed by atoms with van der Waals surface area (Å²) in [5, 5.41) is 0. The summed E-state index contributed by atoms with van der Waals surface area (Å²) in [6, 6.07) is 3.90. The third-order valence-electron chi connectivity index (χ3n) is 3.17. The van der Waals surface area contributed by atoms with Crippen LogP contribution in [0.25, 0.3) is 0 Å². The zero-order valence-electron chi connectivity index (χ0n) is 11.0. The first-order valence-electron chi connectivity index (χ1n) is 6.60. The molecule has 5 nitrogen and oxygen atoms in total. The van der Waals surface area contributed by atoms with Gasteiger partial charge in [-0.15, -0.1) is 0 Å². The van der Waals surface area contributed by atoms with Crippen LogP contribution in [0.3, 0.4) is 0 Å². The molecular formula is C13H22N4O. The molecule has 2 N–H and O–H groups in total. The van der Waals surface area contributed by atoms with Crippen LogP contribution in [0.15, 0.2) is 18.3 Å². The molecule has 0 bridgehead atoms. The maximum absolute atomic E-state index is 5.63. The Morgan fingerprint density at radius 2 is 2.11 bits per heavy atom. The summed E-state index contributed by atoms with van der Waals surface area (Å²) in [5.41, 5.74) is 5.58. The van der Waals surface area contributed by atoms with Crippen LogP contribution in [-0.2, 0) is 0 Å². The number of ether oxygens (including phenoxy) is 1. The van der Waals surface area contributed by atoms with Gasteiger partial charge in [0, 0.05) is 45.5 Å². The number of anilines is 1. The zero-order valence-corrected chi connectivity index (χ0v) is 11.0. The molecular weight excluding hydrogens is 228 g/mol. The smallest absolute Gasteiger partial charge is 0.171 e. The first-order valence-corrected chi connectivity index (χ1v) is 6.60. The van der Waals surface area contributed by atoms with Crippen molar-refractivity contribution in [2.24, 2.45) is 5.73 Å². The van der Waals surface area contributed by atoms with Gasteiger partial charge in [-0.25, -0.2) is 4.98 Å². The van der Waals surface area contributed by atoms with E-state index in [0.29, 0.717) is 6.61 Å². The van der Waals surface area contributed by atoms with Gasteiger partial charge in [0.05, 0.1) is 6.61 Å². The average molecular weight is 250 g/mol. The first kappa shape index (κ1) is 13.1. The van der Waals surface area contributed by atoms with Crippen LogP contribution in [0.4, 0.5) is 5.82 Å². The molecule has 0 saturated carbocycles. The monoisotopic (exact) mass is 250 g/mol. The van der Waals surface area contributed by atoms with E-state index in [4.69, 9.17) is 10.5 Å². The maximum atomic E-state index is 5.63. The number of pyridine rings is 1. The Balaban J connectivity index is 2.00. The van der Waals surface area contributed by atoms with E-state index in [0.717, 1.165) is 50.8 Å². The van der Waals surface area contributed by atoms with E-state index < -0.39 is 0 Å². The lowest BCUT2D eigenvalue weighted by molar-refractivity contribution is 0.262. The van der Waals surface area contributed by atoms with E-state index in [1.165, 1.54) is 0 Å². The van der Waals surface area contributed by atoms with Crippen LogP contribution in [-0.4, -0.2) is 55.8 Å². The second-order valence-corrected chi connectivity index (χ2v) is 4.38. The molecule has 5 heteroatoms. The van der Waals surface area contributed by atoms with Gasteiger partial charge in [0.25, 0.3) is 0 Å².